The third-order valence-electron chi connectivity index (χ3n) is 5.57. The van der Waals surface area contributed by atoms with Gasteiger partial charge >= 0.3 is 0 Å². The summed E-state index contributed by atoms with van der Waals surface area (Å²) in [6.45, 7) is 0.382. The van der Waals surface area contributed by atoms with Gasteiger partial charge in [0, 0.05) is 11.6 Å². The highest BCUT2D eigenvalue weighted by molar-refractivity contribution is 8.18. The van der Waals surface area contributed by atoms with E-state index in [-0.39, 0.29) is 5.91 Å². The van der Waals surface area contributed by atoms with Crippen molar-refractivity contribution in [1.82, 2.24) is 4.90 Å². The topological polar surface area (TPSA) is 78.8 Å². The van der Waals surface area contributed by atoms with Crippen LogP contribution in [-0.4, -0.2) is 23.1 Å². The third-order valence-corrected chi connectivity index (χ3v) is 6.57. The SMILES string of the molecule is COc1ccc(CN2C(=O)/C(=C/c3ccc(-c4ccc(C#N)cc4)o3)SC2=Nc2ccccc2)cc1. The molecule has 2 heterocycles. The molecule has 0 bridgehead atoms. The zero-order chi connectivity index (χ0) is 24.9. The largest absolute Gasteiger partial charge is 0.497 e. The van der Waals surface area contributed by atoms with Gasteiger partial charge in [0.2, 0.25) is 0 Å². The number of ether oxygens (including phenoxy) is 1. The van der Waals surface area contributed by atoms with E-state index in [1.54, 1.807) is 30.2 Å². The standard InChI is InChI=1S/C29H21N3O3S/c1-34-24-13-9-21(10-14-24)19-32-28(33)27(36-29(32)31-23-5-3-2-4-6-23)17-25-15-16-26(35-25)22-11-7-20(18-30)8-12-22/h2-17H,19H2,1H3/b27-17-,31-29?. The first-order valence-corrected chi connectivity index (χ1v) is 12.0. The van der Waals surface area contributed by atoms with Crippen molar-refractivity contribution >= 4 is 34.6 Å². The van der Waals surface area contributed by atoms with Gasteiger partial charge in [0.25, 0.3) is 5.91 Å². The zero-order valence-electron chi connectivity index (χ0n) is 19.4. The maximum absolute atomic E-state index is 13.4. The average molecular weight is 492 g/mol. The Kier molecular flexibility index (Phi) is 6.69. The molecular formula is C29H21N3O3S. The van der Waals surface area contributed by atoms with Crippen molar-refractivity contribution in [1.29, 1.82) is 5.26 Å². The molecule has 1 aromatic heterocycles. The van der Waals surface area contributed by atoms with Crippen molar-refractivity contribution in [2.24, 2.45) is 4.99 Å². The molecule has 0 radical (unpaired) electrons. The van der Waals surface area contributed by atoms with Crippen LogP contribution in [0.5, 0.6) is 5.75 Å². The molecule has 176 valence electrons. The molecule has 3 aromatic carbocycles. The molecule has 0 aliphatic carbocycles. The van der Waals surface area contributed by atoms with E-state index in [9.17, 15) is 4.79 Å². The van der Waals surface area contributed by atoms with E-state index in [0.717, 1.165) is 22.6 Å². The lowest BCUT2D eigenvalue weighted by atomic mass is 10.1. The number of amidine groups is 1. The van der Waals surface area contributed by atoms with Gasteiger partial charge < -0.3 is 9.15 Å². The molecule has 36 heavy (non-hydrogen) atoms. The number of rotatable bonds is 6. The van der Waals surface area contributed by atoms with Gasteiger partial charge in [0.05, 0.1) is 35.9 Å². The summed E-state index contributed by atoms with van der Waals surface area (Å²) in [6.07, 6.45) is 1.74. The number of benzene rings is 3. The number of hydrogen-bond acceptors (Lipinski definition) is 6. The molecule has 4 aromatic rings. The summed E-state index contributed by atoms with van der Waals surface area (Å²) in [5, 5.41) is 9.61. The molecule has 0 unspecified atom stereocenters. The average Bonchev–Trinajstić information content (AvgIpc) is 3.50. The van der Waals surface area contributed by atoms with Crippen LogP contribution < -0.4 is 4.74 Å². The number of amides is 1. The summed E-state index contributed by atoms with van der Waals surface area (Å²) < 4.78 is 11.2. The van der Waals surface area contributed by atoms with Crippen molar-refractivity contribution in [3.05, 3.63) is 113 Å². The number of methoxy groups -OCH3 is 1. The summed E-state index contributed by atoms with van der Waals surface area (Å²) in [6, 6.07) is 30.2. The Morgan fingerprint density at radius 2 is 1.75 bits per heavy atom. The lowest BCUT2D eigenvalue weighted by Crippen LogP contribution is -2.28. The van der Waals surface area contributed by atoms with Gasteiger partial charge in [-0.1, -0.05) is 30.3 Å². The molecule has 1 amide bonds. The normalized spacial score (nSPS) is 15.4. The van der Waals surface area contributed by atoms with Crippen LogP contribution in [-0.2, 0) is 11.3 Å². The first-order chi connectivity index (χ1) is 17.6. The number of furan rings is 1. The Labute approximate surface area is 213 Å². The number of nitriles is 1. The maximum Gasteiger partial charge on any atom is 0.267 e. The fourth-order valence-corrected chi connectivity index (χ4v) is 4.66. The van der Waals surface area contributed by atoms with Gasteiger partial charge in [0.15, 0.2) is 5.17 Å². The molecule has 1 saturated heterocycles. The van der Waals surface area contributed by atoms with Crippen molar-refractivity contribution in [3.63, 3.8) is 0 Å². The van der Waals surface area contributed by atoms with Crippen LogP contribution in [0, 0.1) is 11.3 Å². The predicted molar refractivity (Wildman–Crippen MR) is 142 cm³/mol. The minimum atomic E-state index is -0.137. The first-order valence-electron chi connectivity index (χ1n) is 11.2. The Morgan fingerprint density at radius 3 is 2.44 bits per heavy atom. The fourth-order valence-electron chi connectivity index (χ4n) is 3.68. The molecule has 1 fully saturated rings. The number of hydrogen-bond donors (Lipinski definition) is 0. The van der Waals surface area contributed by atoms with E-state index in [0.29, 0.717) is 33.7 Å². The van der Waals surface area contributed by atoms with Gasteiger partial charge in [-0.3, -0.25) is 9.69 Å². The summed E-state index contributed by atoms with van der Waals surface area (Å²) in [5.41, 5.74) is 3.18. The van der Waals surface area contributed by atoms with E-state index in [1.165, 1.54) is 11.8 Å². The lowest BCUT2D eigenvalue weighted by Gasteiger charge is -2.16. The van der Waals surface area contributed by atoms with Crippen LogP contribution in [0.15, 0.2) is 105 Å². The van der Waals surface area contributed by atoms with Crippen molar-refractivity contribution in [2.45, 2.75) is 6.54 Å². The van der Waals surface area contributed by atoms with E-state index < -0.39 is 0 Å². The van der Waals surface area contributed by atoms with Crippen molar-refractivity contribution in [3.8, 4) is 23.1 Å². The molecule has 0 spiro atoms. The van der Waals surface area contributed by atoms with Gasteiger partial charge in [-0.2, -0.15) is 5.26 Å². The molecule has 6 nitrogen and oxygen atoms in total. The monoisotopic (exact) mass is 491 g/mol. The highest BCUT2D eigenvalue weighted by Gasteiger charge is 2.33. The van der Waals surface area contributed by atoms with Crippen LogP contribution in [0.1, 0.15) is 16.9 Å². The Hall–Kier alpha value is -4.54. The van der Waals surface area contributed by atoms with Gasteiger partial charge in [0.1, 0.15) is 17.3 Å². The van der Waals surface area contributed by atoms with Crippen LogP contribution in [0.2, 0.25) is 0 Å². The summed E-state index contributed by atoms with van der Waals surface area (Å²) >= 11 is 1.32. The lowest BCUT2D eigenvalue weighted by molar-refractivity contribution is -0.122. The molecule has 0 atom stereocenters. The predicted octanol–water partition coefficient (Wildman–Crippen LogP) is 6.63. The van der Waals surface area contributed by atoms with Crippen LogP contribution >= 0.6 is 11.8 Å². The summed E-state index contributed by atoms with van der Waals surface area (Å²) in [4.78, 5) is 20.4. The number of thioether (sulfide) groups is 1. The van der Waals surface area contributed by atoms with Gasteiger partial charge in [-0.25, -0.2) is 4.99 Å². The second-order valence-corrected chi connectivity index (χ2v) is 8.98. The second kappa shape index (κ2) is 10.4. The van der Waals surface area contributed by atoms with Gasteiger partial charge in [-0.15, -0.1) is 0 Å². The number of carbonyl (C=O) groups is 1. The molecular weight excluding hydrogens is 470 g/mol. The van der Waals surface area contributed by atoms with Crippen LogP contribution in [0.25, 0.3) is 17.4 Å². The molecule has 0 saturated carbocycles. The first kappa shape index (κ1) is 23.2. The third kappa shape index (κ3) is 5.09. The Bertz CT molecular complexity index is 1480. The maximum atomic E-state index is 13.4. The van der Waals surface area contributed by atoms with Gasteiger partial charge in [-0.05, 0) is 78.0 Å². The van der Waals surface area contributed by atoms with E-state index >= 15 is 0 Å². The van der Waals surface area contributed by atoms with E-state index in [2.05, 4.69) is 6.07 Å². The molecule has 5 rings (SSSR count). The molecule has 7 heteroatoms. The summed E-state index contributed by atoms with van der Waals surface area (Å²) in [5.74, 6) is 1.85. The molecule has 1 aliphatic heterocycles. The van der Waals surface area contributed by atoms with Crippen LogP contribution in [0.4, 0.5) is 5.69 Å². The number of aliphatic imine (C=N–C) groups is 1. The highest BCUT2D eigenvalue weighted by Crippen LogP contribution is 2.36. The zero-order valence-corrected chi connectivity index (χ0v) is 20.2. The smallest absolute Gasteiger partial charge is 0.267 e. The quantitative estimate of drug-likeness (QED) is 0.283. The number of carbonyl (C=O) groups excluding carboxylic acids is 1. The summed E-state index contributed by atoms with van der Waals surface area (Å²) in [7, 11) is 1.62. The fraction of sp³-hybridized carbons (Fsp3) is 0.0690. The Balaban J connectivity index is 1.44. The minimum Gasteiger partial charge on any atom is -0.497 e. The van der Waals surface area contributed by atoms with Crippen LogP contribution in [0.3, 0.4) is 0 Å². The minimum absolute atomic E-state index is 0.137. The molecule has 1 aliphatic rings. The van der Waals surface area contributed by atoms with Crippen molar-refractivity contribution in [2.75, 3.05) is 7.11 Å². The highest BCUT2D eigenvalue weighted by atomic mass is 32.2. The van der Waals surface area contributed by atoms with E-state index in [1.807, 2.05) is 78.9 Å². The second-order valence-electron chi connectivity index (χ2n) is 7.97. The van der Waals surface area contributed by atoms with E-state index in [4.69, 9.17) is 19.4 Å². The Morgan fingerprint density at radius 1 is 1.00 bits per heavy atom. The number of para-hydroxylation sites is 1. The number of nitrogens with zero attached hydrogens (tertiary/aromatic N) is 3. The molecule has 0 N–H and O–H groups in total. The van der Waals surface area contributed by atoms with Crippen molar-refractivity contribution < 1.29 is 13.9 Å².